The SMILES string of the molecule is C=C1N(C)C=C(S(=O)(=O)Cc2cc(Cl)ccc2SCCC#N)C(=O)N1C. The summed E-state index contributed by atoms with van der Waals surface area (Å²) in [6, 6.07) is 7.03. The van der Waals surface area contributed by atoms with Crippen molar-refractivity contribution in [2.45, 2.75) is 17.1 Å². The Morgan fingerprint density at radius 3 is 2.69 bits per heavy atom. The van der Waals surface area contributed by atoms with E-state index in [1.165, 1.54) is 34.8 Å². The van der Waals surface area contributed by atoms with Crippen LogP contribution in [0, 0.1) is 11.3 Å². The van der Waals surface area contributed by atoms with Gasteiger partial charge in [0.1, 0.15) is 10.7 Å². The fraction of sp³-hybridized carbons (Fsp3) is 0.294. The highest BCUT2D eigenvalue weighted by molar-refractivity contribution is 7.99. The van der Waals surface area contributed by atoms with Crippen LogP contribution in [0.4, 0.5) is 0 Å². The lowest BCUT2D eigenvalue weighted by molar-refractivity contribution is -0.125. The molecule has 0 atom stereocenters. The van der Waals surface area contributed by atoms with E-state index in [2.05, 4.69) is 12.6 Å². The minimum Gasteiger partial charge on any atom is -0.336 e. The van der Waals surface area contributed by atoms with Gasteiger partial charge in [-0.25, -0.2) is 8.42 Å². The van der Waals surface area contributed by atoms with Gasteiger partial charge in [-0.3, -0.25) is 9.69 Å². The fourth-order valence-corrected chi connectivity index (χ4v) is 5.03. The summed E-state index contributed by atoms with van der Waals surface area (Å²) < 4.78 is 25.8. The zero-order valence-corrected chi connectivity index (χ0v) is 16.8. The Hall–Kier alpha value is -1.95. The zero-order chi connectivity index (χ0) is 19.5. The van der Waals surface area contributed by atoms with E-state index >= 15 is 0 Å². The second-order valence-electron chi connectivity index (χ2n) is 5.65. The van der Waals surface area contributed by atoms with Gasteiger partial charge in [0, 0.05) is 42.4 Å². The van der Waals surface area contributed by atoms with Gasteiger partial charge < -0.3 is 4.90 Å². The van der Waals surface area contributed by atoms with E-state index in [4.69, 9.17) is 16.9 Å². The van der Waals surface area contributed by atoms with E-state index in [9.17, 15) is 13.2 Å². The summed E-state index contributed by atoms with van der Waals surface area (Å²) >= 11 is 7.41. The summed E-state index contributed by atoms with van der Waals surface area (Å²) in [6.07, 6.45) is 1.63. The van der Waals surface area contributed by atoms with Crippen molar-refractivity contribution in [1.82, 2.24) is 9.80 Å². The highest BCUT2D eigenvalue weighted by atomic mass is 35.5. The molecule has 6 nitrogen and oxygen atoms in total. The van der Waals surface area contributed by atoms with Crippen LogP contribution < -0.4 is 0 Å². The predicted octanol–water partition coefficient (Wildman–Crippen LogP) is 2.98. The maximum absolute atomic E-state index is 12.9. The van der Waals surface area contributed by atoms with Crippen LogP contribution in [0.2, 0.25) is 5.02 Å². The third-order valence-corrected chi connectivity index (χ3v) is 6.79. The Kier molecular flexibility index (Phi) is 6.39. The Morgan fingerprint density at radius 2 is 2.04 bits per heavy atom. The van der Waals surface area contributed by atoms with E-state index in [0.29, 0.717) is 28.6 Å². The van der Waals surface area contributed by atoms with Gasteiger partial charge in [0.2, 0.25) is 0 Å². The van der Waals surface area contributed by atoms with E-state index in [-0.39, 0.29) is 10.7 Å². The lowest BCUT2D eigenvalue weighted by atomic mass is 10.2. The van der Waals surface area contributed by atoms with Crippen molar-refractivity contribution < 1.29 is 13.2 Å². The van der Waals surface area contributed by atoms with Crippen molar-refractivity contribution in [3.8, 4) is 6.07 Å². The van der Waals surface area contributed by atoms with Gasteiger partial charge in [-0.15, -0.1) is 11.8 Å². The fourth-order valence-electron chi connectivity index (χ4n) is 2.33. The van der Waals surface area contributed by atoms with Crippen molar-refractivity contribution in [3.05, 3.63) is 52.3 Å². The van der Waals surface area contributed by atoms with Crippen LogP contribution in [0.3, 0.4) is 0 Å². The molecule has 9 heteroatoms. The average Bonchev–Trinajstić information content (AvgIpc) is 2.58. The smallest absolute Gasteiger partial charge is 0.272 e. The molecule has 1 aliphatic heterocycles. The number of halogens is 1. The van der Waals surface area contributed by atoms with Crippen LogP contribution in [0.5, 0.6) is 0 Å². The number of nitrogens with zero attached hydrogens (tertiary/aromatic N) is 3. The van der Waals surface area contributed by atoms with Crippen molar-refractivity contribution in [3.63, 3.8) is 0 Å². The van der Waals surface area contributed by atoms with Gasteiger partial charge in [-0.1, -0.05) is 18.2 Å². The minimum absolute atomic E-state index is 0.289. The third kappa shape index (κ3) is 4.41. The normalized spacial score (nSPS) is 15.1. The molecule has 0 bridgehead atoms. The van der Waals surface area contributed by atoms with Crippen molar-refractivity contribution in [2.75, 3.05) is 19.8 Å². The number of carbonyl (C=O) groups excluding carboxylic acids is 1. The number of benzene rings is 1. The van der Waals surface area contributed by atoms with Gasteiger partial charge in [0.25, 0.3) is 5.91 Å². The Balaban J connectivity index is 2.36. The summed E-state index contributed by atoms with van der Waals surface area (Å²) in [7, 11) is -0.788. The number of likely N-dealkylation sites (N-methyl/N-ethyl adjacent to an activating group) is 1. The molecule has 26 heavy (non-hydrogen) atoms. The molecule has 0 radical (unpaired) electrons. The molecule has 0 N–H and O–H groups in total. The minimum atomic E-state index is -3.89. The lowest BCUT2D eigenvalue weighted by Gasteiger charge is -2.31. The molecule has 138 valence electrons. The molecule has 0 unspecified atom stereocenters. The van der Waals surface area contributed by atoms with Crippen LogP contribution in [0.15, 0.2) is 46.6 Å². The maximum Gasteiger partial charge on any atom is 0.272 e. The molecule has 0 saturated carbocycles. The van der Waals surface area contributed by atoms with Gasteiger partial charge in [-0.05, 0) is 23.8 Å². The van der Waals surface area contributed by atoms with Crippen molar-refractivity contribution >= 4 is 39.1 Å². The molecule has 0 aliphatic carbocycles. The van der Waals surface area contributed by atoms with Crippen LogP contribution in [0.25, 0.3) is 0 Å². The third-order valence-electron chi connectivity index (χ3n) is 3.80. The van der Waals surface area contributed by atoms with Gasteiger partial charge in [0.15, 0.2) is 9.84 Å². The van der Waals surface area contributed by atoms with Crippen molar-refractivity contribution in [1.29, 1.82) is 5.26 Å². The number of thioether (sulfide) groups is 1. The summed E-state index contributed by atoms with van der Waals surface area (Å²) in [4.78, 5) is 15.5. The highest BCUT2D eigenvalue weighted by Crippen LogP contribution is 2.30. The summed E-state index contributed by atoms with van der Waals surface area (Å²) in [6.45, 7) is 3.74. The van der Waals surface area contributed by atoms with E-state index in [1.54, 1.807) is 25.2 Å². The first kappa shape index (κ1) is 20.4. The molecule has 0 aromatic heterocycles. The standard InChI is InChI=1S/C17H18ClN3O3S2/c1-12-20(2)10-16(17(22)21(12)3)26(23,24)11-13-9-14(18)5-6-15(13)25-8-4-7-19/h5-6,9-10H,1,4,8,11H2,2-3H3. The van der Waals surface area contributed by atoms with Gasteiger partial charge in [-0.2, -0.15) is 5.26 Å². The van der Waals surface area contributed by atoms with E-state index in [1.807, 2.05) is 0 Å². The largest absolute Gasteiger partial charge is 0.336 e. The van der Waals surface area contributed by atoms with Gasteiger partial charge in [0.05, 0.1) is 11.8 Å². The second-order valence-corrected chi connectivity index (χ2v) is 9.18. The van der Waals surface area contributed by atoms with E-state index in [0.717, 1.165) is 4.90 Å². The first-order valence-electron chi connectivity index (χ1n) is 7.60. The first-order chi connectivity index (χ1) is 12.2. The Bertz CT molecular complexity index is 920. The summed E-state index contributed by atoms with van der Waals surface area (Å²) in [5.41, 5.74) is 0.504. The maximum atomic E-state index is 12.9. The molecular formula is C17H18ClN3O3S2. The number of hydrogen-bond donors (Lipinski definition) is 0. The number of sulfone groups is 1. The zero-order valence-electron chi connectivity index (χ0n) is 14.4. The van der Waals surface area contributed by atoms with Crippen LogP contribution >= 0.6 is 23.4 Å². The molecule has 0 spiro atoms. The molecule has 0 fully saturated rings. The van der Waals surface area contributed by atoms with Crippen LogP contribution in [0.1, 0.15) is 12.0 Å². The number of amides is 1. The van der Waals surface area contributed by atoms with Crippen LogP contribution in [-0.2, 0) is 20.4 Å². The molecule has 1 aromatic rings. The summed E-state index contributed by atoms with van der Waals surface area (Å²) in [5, 5.41) is 9.08. The van der Waals surface area contributed by atoms with E-state index < -0.39 is 15.7 Å². The lowest BCUT2D eigenvalue weighted by Crippen LogP contribution is -2.40. The number of nitriles is 1. The number of carbonyl (C=O) groups is 1. The number of rotatable bonds is 6. The molecule has 1 aliphatic rings. The predicted molar refractivity (Wildman–Crippen MR) is 103 cm³/mol. The van der Waals surface area contributed by atoms with Crippen molar-refractivity contribution in [2.24, 2.45) is 0 Å². The molecule has 0 saturated heterocycles. The molecule has 1 amide bonds. The first-order valence-corrected chi connectivity index (χ1v) is 10.6. The summed E-state index contributed by atoms with van der Waals surface area (Å²) in [5.74, 6) is -0.0370. The monoisotopic (exact) mass is 411 g/mol. The highest BCUT2D eigenvalue weighted by Gasteiger charge is 2.34. The molecule has 1 aromatic carbocycles. The average molecular weight is 412 g/mol. The molecular weight excluding hydrogens is 394 g/mol. The Morgan fingerprint density at radius 1 is 1.35 bits per heavy atom. The topological polar surface area (TPSA) is 81.5 Å². The van der Waals surface area contributed by atoms with Gasteiger partial charge >= 0.3 is 0 Å². The van der Waals surface area contributed by atoms with Crippen LogP contribution in [-0.4, -0.2) is 44.0 Å². The Labute approximate surface area is 162 Å². The molecule has 1 heterocycles. The molecule has 2 rings (SSSR count). The number of hydrogen-bond acceptors (Lipinski definition) is 6. The second kappa shape index (κ2) is 8.16. The quantitative estimate of drug-likeness (QED) is 0.528.